The van der Waals surface area contributed by atoms with Crippen molar-refractivity contribution in [2.45, 2.75) is 32.2 Å². The zero-order valence-corrected chi connectivity index (χ0v) is 9.72. The molecule has 92 valence electrons. The van der Waals surface area contributed by atoms with Crippen LogP contribution in [0.1, 0.15) is 26.2 Å². The third-order valence-electron chi connectivity index (χ3n) is 3.23. The summed E-state index contributed by atoms with van der Waals surface area (Å²) in [6, 6.07) is 4.51. The van der Waals surface area contributed by atoms with E-state index >= 15 is 0 Å². The molecule has 5 heteroatoms. The Morgan fingerprint density at radius 1 is 1.47 bits per heavy atom. The van der Waals surface area contributed by atoms with Gasteiger partial charge in [-0.1, -0.05) is 6.92 Å². The van der Waals surface area contributed by atoms with Crippen molar-refractivity contribution < 1.29 is 10.0 Å². The summed E-state index contributed by atoms with van der Waals surface area (Å²) in [6.07, 6.45) is 3.24. The van der Waals surface area contributed by atoms with Gasteiger partial charge in [0.2, 0.25) is 0 Å². The topological polar surface area (TPSA) is 75.4 Å². The first kappa shape index (κ1) is 11.7. The first-order valence-electron chi connectivity index (χ1n) is 5.80. The molecule has 0 aromatic heterocycles. The highest BCUT2D eigenvalue weighted by molar-refractivity contribution is 5.64. The van der Waals surface area contributed by atoms with Crippen molar-refractivity contribution in [2.75, 3.05) is 5.32 Å². The van der Waals surface area contributed by atoms with Crippen LogP contribution in [0.3, 0.4) is 0 Å². The van der Waals surface area contributed by atoms with E-state index < -0.39 is 4.92 Å². The second-order valence-corrected chi connectivity index (χ2v) is 4.72. The third kappa shape index (κ3) is 2.67. The van der Waals surface area contributed by atoms with E-state index in [1.54, 1.807) is 6.07 Å². The number of nitro groups is 1. The summed E-state index contributed by atoms with van der Waals surface area (Å²) < 4.78 is 0. The molecule has 1 aromatic rings. The number of nitrogens with zero attached hydrogens (tertiary/aromatic N) is 1. The van der Waals surface area contributed by atoms with Crippen molar-refractivity contribution >= 4 is 11.4 Å². The molecule has 2 unspecified atom stereocenters. The van der Waals surface area contributed by atoms with E-state index in [1.807, 2.05) is 0 Å². The van der Waals surface area contributed by atoms with Gasteiger partial charge in [0.15, 0.2) is 0 Å². The van der Waals surface area contributed by atoms with Gasteiger partial charge < -0.3 is 10.4 Å². The largest absolute Gasteiger partial charge is 0.508 e. The zero-order chi connectivity index (χ0) is 12.4. The van der Waals surface area contributed by atoms with Crippen LogP contribution in [0.25, 0.3) is 0 Å². The molecule has 2 atom stereocenters. The van der Waals surface area contributed by atoms with Gasteiger partial charge in [-0.05, 0) is 37.3 Å². The van der Waals surface area contributed by atoms with Gasteiger partial charge in [0, 0.05) is 6.04 Å². The van der Waals surface area contributed by atoms with Crippen LogP contribution in [0.5, 0.6) is 5.75 Å². The third-order valence-corrected chi connectivity index (χ3v) is 3.23. The quantitative estimate of drug-likeness (QED) is 0.480. The molecule has 5 nitrogen and oxygen atoms in total. The number of hydrogen-bond acceptors (Lipinski definition) is 4. The fraction of sp³-hybridized carbons (Fsp3) is 0.500. The van der Waals surface area contributed by atoms with Crippen LogP contribution in [0, 0.1) is 16.0 Å². The van der Waals surface area contributed by atoms with Crippen molar-refractivity contribution in [1.29, 1.82) is 0 Å². The molecule has 0 saturated heterocycles. The molecule has 0 aliphatic heterocycles. The monoisotopic (exact) mass is 236 g/mol. The van der Waals surface area contributed by atoms with Crippen LogP contribution in [0.4, 0.5) is 11.4 Å². The average molecular weight is 236 g/mol. The maximum Gasteiger partial charge on any atom is 0.296 e. The van der Waals surface area contributed by atoms with E-state index in [-0.39, 0.29) is 11.4 Å². The lowest BCUT2D eigenvalue weighted by Crippen LogP contribution is -2.16. The average Bonchev–Trinajstić information content (AvgIpc) is 2.66. The summed E-state index contributed by atoms with van der Waals surface area (Å²) in [6.45, 7) is 2.19. The maximum absolute atomic E-state index is 10.9. The molecule has 0 bridgehead atoms. The Hall–Kier alpha value is -1.78. The van der Waals surface area contributed by atoms with E-state index in [9.17, 15) is 15.2 Å². The van der Waals surface area contributed by atoms with Crippen molar-refractivity contribution in [3.05, 3.63) is 28.3 Å². The van der Waals surface area contributed by atoms with Crippen LogP contribution in [-0.2, 0) is 0 Å². The summed E-state index contributed by atoms with van der Waals surface area (Å²) >= 11 is 0. The number of nitrogens with one attached hydrogen (secondary N) is 1. The minimum atomic E-state index is -0.472. The van der Waals surface area contributed by atoms with E-state index in [0.29, 0.717) is 17.6 Å². The molecular formula is C12H16N2O3. The predicted octanol–water partition coefficient (Wildman–Crippen LogP) is 2.90. The fourth-order valence-electron chi connectivity index (χ4n) is 2.35. The van der Waals surface area contributed by atoms with Gasteiger partial charge in [-0.2, -0.15) is 0 Å². The number of anilines is 1. The lowest BCUT2D eigenvalue weighted by molar-refractivity contribution is -0.384. The van der Waals surface area contributed by atoms with Gasteiger partial charge in [-0.3, -0.25) is 10.1 Å². The van der Waals surface area contributed by atoms with Crippen molar-refractivity contribution in [1.82, 2.24) is 0 Å². The molecule has 1 fully saturated rings. The molecule has 1 aliphatic rings. The van der Waals surface area contributed by atoms with Gasteiger partial charge >= 0.3 is 0 Å². The SMILES string of the molecule is CC1CCC(Nc2ccc(O)cc2[N+](=O)[O-])C1. The fourth-order valence-corrected chi connectivity index (χ4v) is 2.35. The number of phenols is 1. The van der Waals surface area contributed by atoms with Crippen molar-refractivity contribution in [3.8, 4) is 5.75 Å². The van der Waals surface area contributed by atoms with E-state index in [0.717, 1.165) is 19.3 Å². The standard InChI is InChI=1S/C12H16N2O3/c1-8-2-3-9(6-8)13-11-5-4-10(15)7-12(11)14(16)17/h4-5,7-9,13,15H,2-3,6H2,1H3. The van der Waals surface area contributed by atoms with E-state index in [1.165, 1.54) is 12.1 Å². The Balaban J connectivity index is 2.17. The number of phenolic OH excluding ortho intramolecular Hbond substituents is 1. The van der Waals surface area contributed by atoms with E-state index in [4.69, 9.17) is 0 Å². The van der Waals surface area contributed by atoms with Crippen LogP contribution in [0.2, 0.25) is 0 Å². The number of rotatable bonds is 3. The lowest BCUT2D eigenvalue weighted by Gasteiger charge is -2.14. The highest BCUT2D eigenvalue weighted by Gasteiger charge is 2.24. The summed E-state index contributed by atoms with van der Waals surface area (Å²) in [4.78, 5) is 10.4. The van der Waals surface area contributed by atoms with Crippen LogP contribution < -0.4 is 5.32 Å². The second-order valence-electron chi connectivity index (χ2n) is 4.72. The van der Waals surface area contributed by atoms with Crippen LogP contribution in [0.15, 0.2) is 18.2 Å². The Bertz CT molecular complexity index is 434. The molecule has 0 amide bonds. The predicted molar refractivity (Wildman–Crippen MR) is 65.2 cm³/mol. The maximum atomic E-state index is 10.9. The van der Waals surface area contributed by atoms with Crippen molar-refractivity contribution in [3.63, 3.8) is 0 Å². The smallest absolute Gasteiger partial charge is 0.296 e. The van der Waals surface area contributed by atoms with Gasteiger partial charge in [0.05, 0.1) is 11.0 Å². The Morgan fingerprint density at radius 3 is 2.82 bits per heavy atom. The number of benzene rings is 1. The Labute approximate surface area is 99.6 Å². The first-order valence-corrected chi connectivity index (χ1v) is 5.80. The van der Waals surface area contributed by atoms with Gasteiger partial charge in [0.1, 0.15) is 11.4 Å². The van der Waals surface area contributed by atoms with Crippen LogP contribution in [-0.4, -0.2) is 16.1 Å². The molecule has 2 rings (SSSR count). The Morgan fingerprint density at radius 2 is 2.24 bits per heavy atom. The summed E-state index contributed by atoms with van der Waals surface area (Å²) in [5.74, 6) is 0.589. The molecule has 17 heavy (non-hydrogen) atoms. The minimum Gasteiger partial charge on any atom is -0.508 e. The second kappa shape index (κ2) is 4.61. The minimum absolute atomic E-state index is 0.0652. The normalized spacial score (nSPS) is 23.6. The highest BCUT2D eigenvalue weighted by atomic mass is 16.6. The van der Waals surface area contributed by atoms with Gasteiger partial charge in [-0.25, -0.2) is 0 Å². The van der Waals surface area contributed by atoms with Gasteiger partial charge in [0.25, 0.3) is 5.69 Å². The molecule has 0 heterocycles. The molecule has 0 radical (unpaired) electrons. The molecule has 1 saturated carbocycles. The molecule has 1 aliphatic carbocycles. The first-order chi connectivity index (χ1) is 8.06. The highest BCUT2D eigenvalue weighted by Crippen LogP contribution is 2.33. The zero-order valence-electron chi connectivity index (χ0n) is 9.72. The number of aromatic hydroxyl groups is 1. The summed E-state index contributed by atoms with van der Waals surface area (Å²) in [5.41, 5.74) is 0.427. The lowest BCUT2D eigenvalue weighted by atomic mass is 10.1. The number of hydrogen-bond donors (Lipinski definition) is 2. The number of nitro benzene ring substituents is 1. The summed E-state index contributed by atoms with van der Waals surface area (Å²) in [5, 5.41) is 23.3. The molecule has 0 spiro atoms. The molecule has 1 aromatic carbocycles. The van der Waals surface area contributed by atoms with E-state index in [2.05, 4.69) is 12.2 Å². The molecular weight excluding hydrogens is 220 g/mol. The Kier molecular flexibility index (Phi) is 3.17. The molecule has 2 N–H and O–H groups in total. The van der Waals surface area contributed by atoms with Gasteiger partial charge in [-0.15, -0.1) is 0 Å². The summed E-state index contributed by atoms with van der Waals surface area (Å²) in [7, 11) is 0. The van der Waals surface area contributed by atoms with Crippen molar-refractivity contribution in [2.24, 2.45) is 5.92 Å². The van der Waals surface area contributed by atoms with Crippen LogP contribution >= 0.6 is 0 Å².